The molecule has 3 aliphatic rings. The fourth-order valence-electron chi connectivity index (χ4n) is 5.40. The predicted octanol–water partition coefficient (Wildman–Crippen LogP) is 4.59. The number of hydrogen-bond acceptors (Lipinski definition) is 3. The molecule has 3 aliphatic carbocycles. The number of nitrogens with one attached hydrogen (secondary N) is 1. The lowest BCUT2D eigenvalue weighted by Crippen LogP contribution is -2.45. The van der Waals surface area contributed by atoms with Gasteiger partial charge in [0.15, 0.2) is 0 Å². The average Bonchev–Trinajstić information content (AvgIpc) is 2.70. The second kappa shape index (κ2) is 12.3. The van der Waals surface area contributed by atoms with E-state index in [1.54, 1.807) is 0 Å². The van der Waals surface area contributed by atoms with Gasteiger partial charge in [0.1, 0.15) is 0 Å². The van der Waals surface area contributed by atoms with Crippen LogP contribution < -0.4 is 5.32 Å². The van der Waals surface area contributed by atoms with Crippen LogP contribution in [0.4, 0.5) is 0 Å². The largest absolute Gasteiger partial charge is 0.400 e. The molecule has 0 aromatic carbocycles. The maximum absolute atomic E-state index is 7.00. The Morgan fingerprint density at radius 3 is 2.00 bits per heavy atom. The number of rotatable bonds is 6. The summed E-state index contributed by atoms with van der Waals surface area (Å²) < 4.78 is 0. The molecule has 3 fully saturated rings. The molecule has 25 heavy (non-hydrogen) atoms. The zero-order valence-corrected chi connectivity index (χ0v) is 17.0. The summed E-state index contributed by atoms with van der Waals surface area (Å²) in [6.07, 6.45) is 20.5. The molecule has 0 radical (unpaired) electrons. The van der Waals surface area contributed by atoms with Crippen LogP contribution in [0.5, 0.6) is 0 Å². The van der Waals surface area contributed by atoms with Crippen LogP contribution in [0.3, 0.4) is 0 Å². The van der Waals surface area contributed by atoms with Crippen LogP contribution in [-0.2, 0) is 0 Å². The molecule has 0 saturated heterocycles. The molecule has 2 unspecified atom stereocenters. The third-order valence-corrected chi connectivity index (χ3v) is 6.96. The fraction of sp³-hybridized carbons (Fsp3) is 1.00. The highest BCUT2D eigenvalue weighted by molar-refractivity contribution is 4.85. The van der Waals surface area contributed by atoms with E-state index >= 15 is 0 Å². The second-order valence-electron chi connectivity index (χ2n) is 8.87. The summed E-state index contributed by atoms with van der Waals surface area (Å²) in [7, 11) is 3.41. The van der Waals surface area contributed by atoms with Crippen molar-refractivity contribution in [3.8, 4) is 0 Å². The zero-order chi connectivity index (χ0) is 17.9. The molecular weight excluding hydrogens is 308 g/mol. The van der Waals surface area contributed by atoms with Gasteiger partial charge >= 0.3 is 0 Å². The Morgan fingerprint density at radius 2 is 1.36 bits per heavy atom. The van der Waals surface area contributed by atoms with Crippen molar-refractivity contribution in [1.29, 1.82) is 0 Å². The van der Waals surface area contributed by atoms with Crippen LogP contribution >= 0.6 is 0 Å². The number of aliphatic hydroxyl groups is 1. The van der Waals surface area contributed by atoms with Crippen LogP contribution in [0.15, 0.2) is 0 Å². The van der Waals surface area contributed by atoms with Gasteiger partial charge in [-0.3, -0.25) is 0 Å². The minimum absolute atomic E-state index is 0.796. The monoisotopic (exact) mass is 352 g/mol. The van der Waals surface area contributed by atoms with E-state index in [1.165, 1.54) is 103 Å². The van der Waals surface area contributed by atoms with Crippen molar-refractivity contribution < 1.29 is 5.11 Å². The first kappa shape index (κ1) is 21.2. The summed E-state index contributed by atoms with van der Waals surface area (Å²) >= 11 is 0. The average molecular weight is 353 g/mol. The summed E-state index contributed by atoms with van der Waals surface area (Å²) in [5.41, 5.74) is 0. The lowest BCUT2D eigenvalue weighted by molar-refractivity contribution is 0.134. The first-order valence-electron chi connectivity index (χ1n) is 11.2. The lowest BCUT2D eigenvalue weighted by Gasteiger charge is -2.38. The van der Waals surface area contributed by atoms with Gasteiger partial charge in [-0.25, -0.2) is 0 Å². The molecule has 0 bridgehead atoms. The quantitative estimate of drug-likeness (QED) is 0.734. The highest BCUT2D eigenvalue weighted by Gasteiger charge is 2.27. The zero-order valence-electron chi connectivity index (χ0n) is 17.0. The van der Waals surface area contributed by atoms with Crippen LogP contribution in [0.25, 0.3) is 0 Å². The summed E-state index contributed by atoms with van der Waals surface area (Å²) in [6.45, 7) is 2.66. The van der Waals surface area contributed by atoms with Crippen molar-refractivity contribution in [2.24, 2.45) is 11.8 Å². The smallest absolute Gasteiger partial charge is 0.0319 e. The van der Waals surface area contributed by atoms with E-state index in [2.05, 4.69) is 17.3 Å². The first-order chi connectivity index (χ1) is 12.3. The standard InChI is InChI=1S/C21H40N2.CH4O/c1-23(17-19-11-6-3-7-12-19)21-14-8-13-20(15-21)22-16-18-9-4-2-5-10-18;1-2/h18-22H,2-17H2,1H3;2H,1H3. The maximum atomic E-state index is 7.00. The van der Waals surface area contributed by atoms with Crippen LogP contribution in [0, 0.1) is 11.8 Å². The van der Waals surface area contributed by atoms with Gasteiger partial charge in [-0.1, -0.05) is 44.9 Å². The molecule has 3 saturated carbocycles. The Labute approximate surface area is 156 Å². The Balaban J connectivity index is 0.00000109. The molecule has 2 atom stereocenters. The molecule has 0 aromatic heterocycles. The topological polar surface area (TPSA) is 35.5 Å². The molecule has 0 amide bonds. The van der Waals surface area contributed by atoms with Gasteiger partial charge in [0.05, 0.1) is 0 Å². The first-order valence-corrected chi connectivity index (χ1v) is 11.2. The Hall–Kier alpha value is -0.120. The summed E-state index contributed by atoms with van der Waals surface area (Å²) in [5.74, 6) is 1.97. The Bertz CT molecular complexity index is 324. The highest BCUT2D eigenvalue weighted by atomic mass is 16.2. The second-order valence-corrected chi connectivity index (χ2v) is 8.87. The molecule has 0 aromatic rings. The molecular formula is C22H44N2O. The van der Waals surface area contributed by atoms with Gasteiger partial charge in [0.25, 0.3) is 0 Å². The van der Waals surface area contributed by atoms with E-state index < -0.39 is 0 Å². The molecule has 3 heteroatoms. The normalized spacial score (nSPS) is 29.3. The van der Waals surface area contributed by atoms with Crippen LogP contribution in [-0.4, -0.2) is 49.3 Å². The molecule has 0 heterocycles. The summed E-state index contributed by atoms with van der Waals surface area (Å²) in [4.78, 5) is 2.73. The molecule has 0 aliphatic heterocycles. The van der Waals surface area contributed by atoms with Crippen molar-refractivity contribution >= 4 is 0 Å². The Morgan fingerprint density at radius 1 is 0.760 bits per heavy atom. The number of hydrogen-bond donors (Lipinski definition) is 2. The van der Waals surface area contributed by atoms with E-state index in [-0.39, 0.29) is 0 Å². The van der Waals surface area contributed by atoms with Crippen LogP contribution in [0.2, 0.25) is 0 Å². The molecule has 148 valence electrons. The summed E-state index contributed by atoms with van der Waals surface area (Å²) in [5, 5.41) is 11.0. The van der Waals surface area contributed by atoms with E-state index in [4.69, 9.17) is 5.11 Å². The maximum Gasteiger partial charge on any atom is 0.0319 e. The van der Waals surface area contributed by atoms with Gasteiger partial charge in [-0.15, -0.1) is 0 Å². The third-order valence-electron chi connectivity index (χ3n) is 6.96. The van der Waals surface area contributed by atoms with Crippen molar-refractivity contribution in [3.05, 3.63) is 0 Å². The van der Waals surface area contributed by atoms with E-state index in [0.717, 1.165) is 31.0 Å². The number of aliphatic hydroxyl groups excluding tert-OH is 1. The number of nitrogens with zero attached hydrogens (tertiary/aromatic N) is 1. The van der Waals surface area contributed by atoms with Gasteiger partial charge in [-0.05, 0) is 70.4 Å². The molecule has 2 N–H and O–H groups in total. The van der Waals surface area contributed by atoms with Crippen molar-refractivity contribution in [2.75, 3.05) is 27.2 Å². The lowest BCUT2D eigenvalue weighted by atomic mass is 9.85. The Kier molecular flexibility index (Phi) is 10.4. The van der Waals surface area contributed by atoms with E-state index in [0.29, 0.717) is 0 Å². The molecule has 3 rings (SSSR count). The molecule has 0 spiro atoms. The minimum Gasteiger partial charge on any atom is -0.400 e. The van der Waals surface area contributed by atoms with Crippen LogP contribution in [0.1, 0.15) is 89.9 Å². The fourth-order valence-corrected chi connectivity index (χ4v) is 5.40. The molecule has 3 nitrogen and oxygen atoms in total. The van der Waals surface area contributed by atoms with Crippen molar-refractivity contribution in [2.45, 2.75) is 102 Å². The van der Waals surface area contributed by atoms with Gasteiger partial charge in [0.2, 0.25) is 0 Å². The van der Waals surface area contributed by atoms with Gasteiger partial charge in [0, 0.05) is 25.7 Å². The van der Waals surface area contributed by atoms with E-state index in [1.807, 2.05) is 0 Å². The van der Waals surface area contributed by atoms with E-state index in [9.17, 15) is 0 Å². The minimum atomic E-state index is 0.796. The van der Waals surface area contributed by atoms with Gasteiger partial charge < -0.3 is 15.3 Å². The van der Waals surface area contributed by atoms with Crippen molar-refractivity contribution in [3.63, 3.8) is 0 Å². The van der Waals surface area contributed by atoms with Gasteiger partial charge in [-0.2, -0.15) is 0 Å². The highest BCUT2D eigenvalue weighted by Crippen LogP contribution is 2.28. The van der Waals surface area contributed by atoms with Crippen molar-refractivity contribution in [1.82, 2.24) is 10.2 Å². The third kappa shape index (κ3) is 7.56. The summed E-state index contributed by atoms with van der Waals surface area (Å²) in [6, 6.07) is 1.64. The SMILES string of the molecule is CN(CC1CCCCC1)C1CCCC(NCC2CCCCC2)C1.CO. The predicted molar refractivity (Wildman–Crippen MR) is 108 cm³/mol.